The Hall–Kier alpha value is -5.40. The fourth-order valence-electron chi connectivity index (χ4n) is 4.45. The number of ether oxygens (including phenoxy) is 2. The van der Waals surface area contributed by atoms with Crippen molar-refractivity contribution in [3.8, 4) is 23.0 Å². The number of nitrogens with zero attached hydrogens (tertiary/aromatic N) is 4. The number of carbonyl (C=O) groups excluding carboxylic acids is 4. The van der Waals surface area contributed by atoms with E-state index in [0.29, 0.717) is 22.4 Å². The molecule has 0 bridgehead atoms. The van der Waals surface area contributed by atoms with Gasteiger partial charge in [-0.15, -0.1) is 0 Å². The third-order valence-electron chi connectivity index (χ3n) is 6.95. The molecule has 1 aromatic carbocycles. The molecule has 14 heteroatoms. The average Bonchev–Trinajstić information content (AvgIpc) is 3.60. The highest BCUT2D eigenvalue weighted by molar-refractivity contribution is 6.06. The van der Waals surface area contributed by atoms with E-state index in [1.165, 1.54) is 18.9 Å². The van der Waals surface area contributed by atoms with Crippen molar-refractivity contribution in [2.24, 2.45) is 5.73 Å². The van der Waals surface area contributed by atoms with Crippen molar-refractivity contribution in [3.63, 3.8) is 0 Å². The van der Waals surface area contributed by atoms with Crippen LogP contribution in [0.3, 0.4) is 0 Å². The van der Waals surface area contributed by atoms with Crippen molar-refractivity contribution >= 4 is 34.6 Å². The lowest BCUT2D eigenvalue weighted by Gasteiger charge is -2.37. The Kier molecular flexibility index (Phi) is 7.29. The number of aromatic nitrogens is 2. The fraction of sp³-hybridized carbons (Fsp3) is 0.286. The first-order chi connectivity index (χ1) is 20.0. The minimum Gasteiger partial charge on any atom is -0.495 e. The SMILES string of the molecule is COc1cccnc1CNC(=O)C1(C)COc2c(oc3cc(-c4nc(C(N)=O)co4)ccc23)C(=O)N1CC(=O)N(C)C. The maximum absolute atomic E-state index is 14.0. The summed E-state index contributed by atoms with van der Waals surface area (Å²) in [5.41, 5.74) is 4.81. The van der Waals surface area contributed by atoms with Gasteiger partial charge in [0.15, 0.2) is 17.0 Å². The van der Waals surface area contributed by atoms with Gasteiger partial charge in [0.05, 0.1) is 19.0 Å². The summed E-state index contributed by atoms with van der Waals surface area (Å²) in [7, 11) is 4.59. The van der Waals surface area contributed by atoms with Crippen LogP contribution in [0.15, 0.2) is 51.6 Å². The number of furan rings is 1. The van der Waals surface area contributed by atoms with Crippen LogP contribution in [-0.4, -0.2) is 83.3 Å². The van der Waals surface area contributed by atoms with E-state index < -0.39 is 35.7 Å². The van der Waals surface area contributed by atoms with Crippen molar-refractivity contribution in [1.29, 1.82) is 0 Å². The second kappa shape index (κ2) is 10.9. The number of oxazole rings is 1. The Morgan fingerprint density at radius 2 is 2.02 bits per heavy atom. The van der Waals surface area contributed by atoms with Gasteiger partial charge in [0.2, 0.25) is 23.5 Å². The number of hydrogen-bond acceptors (Lipinski definition) is 10. The third-order valence-corrected chi connectivity index (χ3v) is 6.95. The summed E-state index contributed by atoms with van der Waals surface area (Å²) in [6.45, 7) is 0.829. The van der Waals surface area contributed by atoms with Crippen LogP contribution < -0.4 is 20.5 Å². The van der Waals surface area contributed by atoms with Crippen LogP contribution in [0.25, 0.3) is 22.4 Å². The summed E-state index contributed by atoms with van der Waals surface area (Å²) in [6, 6.07) is 8.27. The van der Waals surface area contributed by atoms with Gasteiger partial charge in [0, 0.05) is 25.9 Å². The summed E-state index contributed by atoms with van der Waals surface area (Å²) in [4.78, 5) is 62.7. The standard InChI is InChI=1S/C28H28N6O8/c1-28(27(38)31-11-17-19(39-4)6-5-9-30-17)14-41-22-16-8-7-15(25-32-18(13-40-25)24(29)36)10-20(16)42-23(22)26(37)34(28)12-21(35)33(2)3/h5-10,13H,11-12,14H2,1-4H3,(H2,29,36)(H,31,38). The van der Waals surface area contributed by atoms with Gasteiger partial charge in [-0.25, -0.2) is 4.98 Å². The highest BCUT2D eigenvalue weighted by atomic mass is 16.5. The zero-order valence-electron chi connectivity index (χ0n) is 23.3. The first kappa shape index (κ1) is 28.1. The molecular formula is C28H28N6O8. The number of hydrogen-bond donors (Lipinski definition) is 2. The predicted molar refractivity (Wildman–Crippen MR) is 146 cm³/mol. The Labute approximate surface area is 239 Å². The molecule has 4 amide bonds. The Morgan fingerprint density at radius 1 is 1.24 bits per heavy atom. The van der Waals surface area contributed by atoms with Crippen LogP contribution in [0, 0.1) is 0 Å². The molecular weight excluding hydrogens is 548 g/mol. The van der Waals surface area contributed by atoms with E-state index in [9.17, 15) is 19.2 Å². The number of fused-ring (bicyclic) bond motifs is 3. The van der Waals surface area contributed by atoms with Crippen LogP contribution in [0.1, 0.15) is 33.7 Å². The topological polar surface area (TPSA) is 183 Å². The van der Waals surface area contributed by atoms with Gasteiger partial charge < -0.3 is 39.2 Å². The number of primary amides is 1. The number of pyridine rings is 1. The van der Waals surface area contributed by atoms with E-state index >= 15 is 0 Å². The van der Waals surface area contributed by atoms with Gasteiger partial charge in [0.1, 0.15) is 36.4 Å². The second-order valence-electron chi connectivity index (χ2n) is 9.95. The number of carbonyl (C=O) groups is 4. The average molecular weight is 577 g/mol. The van der Waals surface area contributed by atoms with E-state index in [0.717, 1.165) is 11.2 Å². The summed E-state index contributed by atoms with van der Waals surface area (Å²) < 4.78 is 22.7. The molecule has 1 aliphatic rings. The lowest BCUT2D eigenvalue weighted by atomic mass is 9.99. The predicted octanol–water partition coefficient (Wildman–Crippen LogP) is 1.59. The quantitative estimate of drug-likeness (QED) is 0.312. The molecule has 1 aliphatic heterocycles. The van der Waals surface area contributed by atoms with E-state index in [2.05, 4.69) is 15.3 Å². The van der Waals surface area contributed by atoms with E-state index in [1.807, 2.05) is 0 Å². The number of nitrogens with one attached hydrogen (secondary N) is 1. The number of benzene rings is 1. The van der Waals surface area contributed by atoms with Crippen LogP contribution in [0.4, 0.5) is 0 Å². The number of methoxy groups -OCH3 is 1. The number of rotatable bonds is 8. The lowest BCUT2D eigenvalue weighted by Crippen LogP contribution is -2.62. The molecule has 42 heavy (non-hydrogen) atoms. The molecule has 5 rings (SSSR count). The maximum atomic E-state index is 14.0. The van der Waals surface area contributed by atoms with Crippen molar-refractivity contribution in [1.82, 2.24) is 25.1 Å². The van der Waals surface area contributed by atoms with E-state index in [1.54, 1.807) is 50.6 Å². The zero-order chi connectivity index (χ0) is 30.2. The summed E-state index contributed by atoms with van der Waals surface area (Å²) >= 11 is 0. The molecule has 1 unspecified atom stereocenters. The Bertz CT molecular complexity index is 1710. The van der Waals surface area contributed by atoms with Gasteiger partial charge in [-0.1, -0.05) is 0 Å². The van der Waals surface area contributed by atoms with E-state index in [4.69, 9.17) is 24.0 Å². The molecule has 0 fully saturated rings. The molecule has 14 nitrogen and oxygen atoms in total. The number of likely N-dealkylation sites (N-methyl/N-ethyl adjacent to an activating group) is 1. The van der Waals surface area contributed by atoms with Crippen LogP contribution in [-0.2, 0) is 16.1 Å². The van der Waals surface area contributed by atoms with Crippen molar-refractivity contribution in [2.75, 3.05) is 34.4 Å². The first-order valence-corrected chi connectivity index (χ1v) is 12.8. The monoisotopic (exact) mass is 576 g/mol. The molecule has 3 aromatic heterocycles. The van der Waals surface area contributed by atoms with Crippen LogP contribution in [0.5, 0.6) is 11.5 Å². The largest absolute Gasteiger partial charge is 0.495 e. The lowest BCUT2D eigenvalue weighted by molar-refractivity contribution is -0.137. The van der Waals surface area contributed by atoms with Crippen molar-refractivity contribution in [2.45, 2.75) is 19.0 Å². The molecule has 0 saturated carbocycles. The minimum absolute atomic E-state index is 0.00955. The normalized spacial score (nSPS) is 16.4. The molecule has 4 aromatic rings. The molecule has 3 N–H and O–H groups in total. The van der Waals surface area contributed by atoms with Gasteiger partial charge in [-0.3, -0.25) is 24.2 Å². The van der Waals surface area contributed by atoms with Crippen molar-refractivity contribution < 1.29 is 37.5 Å². The first-order valence-electron chi connectivity index (χ1n) is 12.8. The highest BCUT2D eigenvalue weighted by Gasteiger charge is 2.48. The van der Waals surface area contributed by atoms with Gasteiger partial charge >= 0.3 is 0 Å². The summed E-state index contributed by atoms with van der Waals surface area (Å²) in [5, 5.41) is 3.24. The third kappa shape index (κ3) is 4.98. The van der Waals surface area contributed by atoms with Crippen LogP contribution in [0.2, 0.25) is 0 Å². The molecule has 1 atom stereocenters. The minimum atomic E-state index is -1.61. The zero-order valence-corrected chi connectivity index (χ0v) is 23.3. The molecule has 0 radical (unpaired) electrons. The second-order valence-corrected chi connectivity index (χ2v) is 9.95. The smallest absolute Gasteiger partial charge is 0.295 e. The Morgan fingerprint density at radius 3 is 2.71 bits per heavy atom. The van der Waals surface area contributed by atoms with Crippen molar-refractivity contribution in [3.05, 3.63) is 59.9 Å². The highest BCUT2D eigenvalue weighted by Crippen LogP contribution is 2.40. The molecule has 218 valence electrons. The van der Waals surface area contributed by atoms with Gasteiger partial charge in [-0.05, 0) is 37.3 Å². The number of nitrogens with two attached hydrogens (primary N) is 1. The molecule has 4 heterocycles. The maximum Gasteiger partial charge on any atom is 0.295 e. The van der Waals surface area contributed by atoms with E-state index in [-0.39, 0.29) is 41.8 Å². The summed E-state index contributed by atoms with van der Waals surface area (Å²) in [5.74, 6) is -1.89. The molecule has 0 aliphatic carbocycles. The molecule has 0 spiro atoms. The van der Waals surface area contributed by atoms with Gasteiger partial charge in [-0.2, -0.15) is 0 Å². The molecule has 0 saturated heterocycles. The fourth-order valence-corrected chi connectivity index (χ4v) is 4.45. The van der Waals surface area contributed by atoms with Gasteiger partial charge in [0.25, 0.3) is 11.8 Å². The summed E-state index contributed by atoms with van der Waals surface area (Å²) in [6.07, 6.45) is 2.71. The number of amides is 4. The Balaban J connectivity index is 1.49. The van der Waals surface area contributed by atoms with Crippen LogP contribution >= 0.6 is 0 Å².